The molecule has 8 heteroatoms. The molecule has 0 aromatic carbocycles. The van der Waals surface area contributed by atoms with Gasteiger partial charge in [0.05, 0.1) is 29.0 Å². The molecular weight excluding hydrogens is 256 g/mol. The number of carbonyl (C=O) groups is 1. The summed E-state index contributed by atoms with van der Waals surface area (Å²) in [6.07, 6.45) is 3.27. The topological polar surface area (TPSA) is 104 Å². The van der Waals surface area contributed by atoms with Crippen LogP contribution in [0.25, 0.3) is 0 Å². The summed E-state index contributed by atoms with van der Waals surface area (Å²) in [4.78, 5) is 19.0. The van der Waals surface area contributed by atoms with Crippen molar-refractivity contribution in [3.8, 4) is 0 Å². The minimum absolute atomic E-state index is 0.383. The van der Waals surface area contributed by atoms with Crippen LogP contribution in [-0.2, 0) is 27.8 Å². The van der Waals surface area contributed by atoms with E-state index in [1.54, 1.807) is 6.33 Å². The molecule has 7 nitrogen and oxygen atoms in total. The molecule has 1 unspecified atom stereocenters. The average molecular weight is 270 g/mol. The number of hydrogen-bond donors (Lipinski definition) is 3. The lowest BCUT2D eigenvalue weighted by Gasteiger charge is -2.22. The lowest BCUT2D eigenvalue weighted by molar-refractivity contribution is -0.121. The van der Waals surface area contributed by atoms with Gasteiger partial charge in [0.25, 0.3) is 5.91 Å². The van der Waals surface area contributed by atoms with Crippen LogP contribution in [0.5, 0.6) is 0 Å². The van der Waals surface area contributed by atoms with Gasteiger partial charge in [-0.15, -0.1) is 0 Å². The molecule has 1 atom stereocenters. The molecular formula is C10H14N4O3S. The first kappa shape index (κ1) is 11.7. The van der Waals surface area contributed by atoms with E-state index in [2.05, 4.69) is 20.0 Å². The number of rotatable bonds is 3. The van der Waals surface area contributed by atoms with E-state index in [1.807, 2.05) is 0 Å². The van der Waals surface area contributed by atoms with Gasteiger partial charge in [-0.3, -0.25) is 14.8 Å². The molecule has 18 heavy (non-hydrogen) atoms. The van der Waals surface area contributed by atoms with Crippen LogP contribution < -0.4 is 10.0 Å². The quantitative estimate of drug-likeness (QED) is 0.656. The van der Waals surface area contributed by atoms with Gasteiger partial charge < -0.3 is 4.98 Å². The molecule has 1 aromatic heterocycles. The van der Waals surface area contributed by atoms with E-state index in [0.29, 0.717) is 25.8 Å². The van der Waals surface area contributed by atoms with E-state index in [0.717, 1.165) is 11.4 Å². The lowest BCUT2D eigenvalue weighted by Crippen LogP contribution is -2.49. The summed E-state index contributed by atoms with van der Waals surface area (Å²) in [6, 6.07) is -0.533. The van der Waals surface area contributed by atoms with Gasteiger partial charge in [-0.2, -0.15) is 0 Å². The van der Waals surface area contributed by atoms with Crippen molar-refractivity contribution in [2.24, 2.45) is 0 Å². The minimum Gasteiger partial charge on any atom is -0.347 e. The molecule has 0 spiro atoms. The van der Waals surface area contributed by atoms with Crippen LogP contribution in [0.4, 0.5) is 0 Å². The predicted octanol–water partition coefficient (Wildman–Crippen LogP) is -0.968. The summed E-state index contributed by atoms with van der Waals surface area (Å²) >= 11 is 0. The molecule has 1 saturated carbocycles. The molecule has 0 radical (unpaired) electrons. The van der Waals surface area contributed by atoms with Crippen molar-refractivity contribution in [3.63, 3.8) is 0 Å². The molecule has 1 aliphatic carbocycles. The maximum atomic E-state index is 11.9. The maximum Gasteiger partial charge on any atom is 0.250 e. The maximum absolute atomic E-state index is 11.9. The third-order valence-corrected chi connectivity index (χ3v) is 5.09. The van der Waals surface area contributed by atoms with Gasteiger partial charge in [-0.05, 0) is 12.8 Å². The number of hydrogen-bond acceptors (Lipinski definition) is 5. The van der Waals surface area contributed by atoms with Gasteiger partial charge in [-0.1, -0.05) is 0 Å². The number of nitrogens with zero attached hydrogens (tertiary/aromatic N) is 1. The smallest absolute Gasteiger partial charge is 0.250 e. The van der Waals surface area contributed by atoms with Crippen LogP contribution in [-0.4, -0.2) is 35.6 Å². The number of nitrogens with one attached hydrogen (secondary N) is 3. The Labute approximate surface area is 104 Å². The zero-order valence-corrected chi connectivity index (χ0v) is 10.5. The van der Waals surface area contributed by atoms with Gasteiger partial charge in [0.1, 0.15) is 0 Å². The lowest BCUT2D eigenvalue weighted by atomic mass is 10.1. The summed E-state index contributed by atoms with van der Waals surface area (Å²) in [5.74, 6) is -0.490. The highest BCUT2D eigenvalue weighted by molar-refractivity contribution is 7.90. The fourth-order valence-electron chi connectivity index (χ4n) is 2.03. The zero-order valence-electron chi connectivity index (χ0n) is 9.64. The molecule has 2 aliphatic rings. The fourth-order valence-corrected chi connectivity index (χ4v) is 3.37. The van der Waals surface area contributed by atoms with Gasteiger partial charge in [0.2, 0.25) is 10.0 Å². The summed E-state index contributed by atoms with van der Waals surface area (Å²) in [5, 5.41) is 2.61. The second-order valence-electron chi connectivity index (χ2n) is 4.68. The SMILES string of the molecule is O=C(NS(=O)(=O)C1CC1)C1Cc2nc[nH]c2CN1. The summed E-state index contributed by atoms with van der Waals surface area (Å²) in [6.45, 7) is 0.497. The van der Waals surface area contributed by atoms with Crippen LogP contribution in [0.3, 0.4) is 0 Å². The Morgan fingerprint density at radius 3 is 2.94 bits per heavy atom. The first-order valence-electron chi connectivity index (χ1n) is 5.86. The Morgan fingerprint density at radius 2 is 2.22 bits per heavy atom. The van der Waals surface area contributed by atoms with Crippen molar-refractivity contribution in [2.45, 2.75) is 37.1 Å². The van der Waals surface area contributed by atoms with Gasteiger partial charge in [0.15, 0.2) is 0 Å². The molecule has 0 bridgehead atoms. The monoisotopic (exact) mass is 270 g/mol. The van der Waals surface area contributed by atoms with E-state index in [-0.39, 0.29) is 5.25 Å². The van der Waals surface area contributed by atoms with E-state index in [1.165, 1.54) is 0 Å². The second-order valence-corrected chi connectivity index (χ2v) is 6.64. The van der Waals surface area contributed by atoms with E-state index in [9.17, 15) is 13.2 Å². The van der Waals surface area contributed by atoms with Crippen molar-refractivity contribution in [3.05, 3.63) is 17.7 Å². The zero-order chi connectivity index (χ0) is 12.8. The van der Waals surface area contributed by atoms with Crippen LogP contribution in [0.2, 0.25) is 0 Å². The summed E-state index contributed by atoms with van der Waals surface area (Å²) in [5.41, 5.74) is 1.77. The van der Waals surface area contributed by atoms with Crippen LogP contribution >= 0.6 is 0 Å². The van der Waals surface area contributed by atoms with Gasteiger partial charge in [-0.25, -0.2) is 13.4 Å². The second kappa shape index (κ2) is 4.06. The Morgan fingerprint density at radius 1 is 1.44 bits per heavy atom. The first-order valence-corrected chi connectivity index (χ1v) is 7.41. The Bertz CT molecular complexity index is 576. The molecule has 1 amide bonds. The van der Waals surface area contributed by atoms with Crippen LogP contribution in [0, 0.1) is 0 Å². The highest BCUT2D eigenvalue weighted by Gasteiger charge is 2.38. The number of carbonyl (C=O) groups excluding carboxylic acids is 1. The standard InChI is InChI=1S/C10H14N4O3S/c15-10(14-18(16,17)6-1-2-6)8-3-7-9(4-11-8)13-5-12-7/h5-6,8,11H,1-4H2,(H,12,13)(H,14,15). The summed E-state index contributed by atoms with van der Waals surface area (Å²) in [7, 11) is -3.47. The van der Waals surface area contributed by atoms with E-state index < -0.39 is 22.0 Å². The molecule has 3 rings (SSSR count). The molecule has 1 aliphatic heterocycles. The molecule has 1 fully saturated rings. The number of H-pyrrole nitrogens is 1. The molecule has 3 N–H and O–H groups in total. The fraction of sp³-hybridized carbons (Fsp3) is 0.600. The van der Waals surface area contributed by atoms with Crippen molar-refractivity contribution in [2.75, 3.05) is 0 Å². The summed E-state index contributed by atoms with van der Waals surface area (Å²) < 4.78 is 25.5. The molecule has 1 aromatic rings. The average Bonchev–Trinajstić information content (AvgIpc) is 3.08. The highest BCUT2D eigenvalue weighted by Crippen LogP contribution is 2.27. The Hall–Kier alpha value is -1.41. The largest absolute Gasteiger partial charge is 0.347 e. The normalized spacial score (nSPS) is 23.4. The van der Waals surface area contributed by atoms with Gasteiger partial charge in [0, 0.05) is 13.0 Å². The number of fused-ring (bicyclic) bond motifs is 1. The van der Waals surface area contributed by atoms with Gasteiger partial charge >= 0.3 is 0 Å². The van der Waals surface area contributed by atoms with Crippen molar-refractivity contribution in [1.82, 2.24) is 20.0 Å². The number of sulfonamides is 1. The first-order chi connectivity index (χ1) is 8.56. The van der Waals surface area contributed by atoms with Crippen LogP contribution in [0.15, 0.2) is 6.33 Å². The Balaban J connectivity index is 1.67. The minimum atomic E-state index is -3.47. The predicted molar refractivity (Wildman–Crippen MR) is 63.0 cm³/mol. The third kappa shape index (κ3) is 2.13. The Kier molecular flexibility index (Phi) is 2.63. The van der Waals surface area contributed by atoms with E-state index in [4.69, 9.17) is 0 Å². The molecule has 0 saturated heterocycles. The van der Waals surface area contributed by atoms with Crippen molar-refractivity contribution in [1.29, 1.82) is 0 Å². The van der Waals surface area contributed by atoms with Crippen molar-refractivity contribution < 1.29 is 13.2 Å². The highest BCUT2D eigenvalue weighted by atomic mass is 32.2. The number of aromatic amines is 1. The molecule has 98 valence electrons. The van der Waals surface area contributed by atoms with E-state index >= 15 is 0 Å². The molecule has 2 heterocycles. The van der Waals surface area contributed by atoms with Crippen LogP contribution in [0.1, 0.15) is 24.2 Å². The van der Waals surface area contributed by atoms with Crippen molar-refractivity contribution >= 4 is 15.9 Å². The number of amides is 1. The number of imidazole rings is 1. The third-order valence-electron chi connectivity index (χ3n) is 3.25. The number of aromatic nitrogens is 2.